The Hall–Kier alpha value is -1.45. The Balaban J connectivity index is 3.24. The second kappa shape index (κ2) is 4.67. The van der Waals surface area contributed by atoms with Crippen molar-refractivity contribution in [1.82, 2.24) is 0 Å². The predicted molar refractivity (Wildman–Crippen MR) is 72.0 cm³/mol. The molecule has 0 bridgehead atoms. The molecule has 0 amide bonds. The largest absolute Gasteiger partial charge is 0.382 e. The smallest absolute Gasteiger partial charge is 0.181 e. The summed E-state index contributed by atoms with van der Waals surface area (Å²) in [5.41, 5.74) is -0.835. The molecule has 0 spiro atoms. The Kier molecular flexibility index (Phi) is 3.79. The molecule has 0 fully saturated rings. The van der Waals surface area contributed by atoms with E-state index < -0.39 is 11.2 Å². The fourth-order valence-corrected chi connectivity index (χ4v) is 1.80. The summed E-state index contributed by atoms with van der Waals surface area (Å²) in [6, 6.07) is 0. The average molecular weight is 248 g/mol. The zero-order valence-electron chi connectivity index (χ0n) is 11.3. The van der Waals surface area contributed by atoms with Crippen molar-refractivity contribution >= 4 is 5.78 Å². The van der Waals surface area contributed by atoms with Gasteiger partial charge in [0.2, 0.25) is 0 Å². The van der Waals surface area contributed by atoms with Gasteiger partial charge in [-0.25, -0.2) is 0 Å². The molecule has 2 atom stereocenters. The second-order valence-corrected chi connectivity index (χ2v) is 4.97. The van der Waals surface area contributed by atoms with Crippen molar-refractivity contribution in [2.45, 2.75) is 38.9 Å². The fourth-order valence-electron chi connectivity index (χ4n) is 1.80. The molecule has 2 unspecified atom stereocenters. The molecule has 0 heterocycles. The van der Waals surface area contributed by atoms with Gasteiger partial charge in [-0.05, 0) is 56.6 Å². The molecule has 98 valence electrons. The lowest BCUT2D eigenvalue weighted by atomic mass is 9.78. The molecular weight excluding hydrogens is 228 g/mol. The first kappa shape index (κ1) is 14.6. The highest BCUT2D eigenvalue weighted by Crippen LogP contribution is 2.34. The van der Waals surface area contributed by atoms with Gasteiger partial charge in [-0.1, -0.05) is 18.7 Å². The molecule has 0 saturated carbocycles. The van der Waals surface area contributed by atoms with Gasteiger partial charge >= 0.3 is 0 Å². The molecule has 2 N–H and O–H groups in total. The highest BCUT2D eigenvalue weighted by Gasteiger charge is 2.35. The van der Waals surface area contributed by atoms with Gasteiger partial charge in [0.05, 0.1) is 5.60 Å². The summed E-state index contributed by atoms with van der Waals surface area (Å²) in [6.45, 7) is 10.2. The van der Waals surface area contributed by atoms with Crippen LogP contribution < -0.4 is 0 Å². The van der Waals surface area contributed by atoms with E-state index in [-0.39, 0.29) is 5.78 Å². The third-order valence-electron chi connectivity index (χ3n) is 3.53. The number of ketones is 1. The van der Waals surface area contributed by atoms with Crippen molar-refractivity contribution in [3.8, 4) is 0 Å². The van der Waals surface area contributed by atoms with Gasteiger partial charge in [-0.3, -0.25) is 4.79 Å². The van der Waals surface area contributed by atoms with Crippen LogP contribution in [0, 0.1) is 0 Å². The van der Waals surface area contributed by atoms with Gasteiger partial charge in [-0.15, -0.1) is 0 Å². The monoisotopic (exact) mass is 248 g/mol. The van der Waals surface area contributed by atoms with Crippen molar-refractivity contribution in [3.05, 3.63) is 47.6 Å². The van der Waals surface area contributed by atoms with Crippen LogP contribution in [0.4, 0.5) is 0 Å². The van der Waals surface area contributed by atoms with Crippen LogP contribution >= 0.6 is 0 Å². The number of carbonyl (C=O) groups is 1. The van der Waals surface area contributed by atoms with Crippen LogP contribution in [-0.2, 0) is 4.79 Å². The van der Waals surface area contributed by atoms with Crippen LogP contribution in [0.3, 0.4) is 0 Å². The van der Waals surface area contributed by atoms with E-state index >= 15 is 0 Å². The summed E-state index contributed by atoms with van der Waals surface area (Å²) in [5, 5.41) is 20.5. The third-order valence-corrected chi connectivity index (χ3v) is 3.53. The van der Waals surface area contributed by atoms with Crippen LogP contribution in [0.2, 0.25) is 0 Å². The molecule has 1 rings (SSSR count). The third kappa shape index (κ3) is 2.52. The molecule has 0 saturated heterocycles. The van der Waals surface area contributed by atoms with Crippen molar-refractivity contribution in [2.75, 3.05) is 0 Å². The molecule has 0 aromatic carbocycles. The first-order chi connectivity index (χ1) is 8.14. The zero-order valence-corrected chi connectivity index (χ0v) is 11.3. The Bertz CT molecular complexity index is 478. The van der Waals surface area contributed by atoms with Gasteiger partial charge in [0.25, 0.3) is 0 Å². The van der Waals surface area contributed by atoms with E-state index in [0.717, 1.165) is 0 Å². The number of allylic oxidation sites excluding steroid dienone is 2. The molecule has 3 nitrogen and oxygen atoms in total. The summed E-state index contributed by atoms with van der Waals surface area (Å²) in [5.74, 6) is -0.0847. The lowest BCUT2D eigenvalue weighted by Gasteiger charge is -2.32. The topological polar surface area (TPSA) is 57.5 Å². The first-order valence-corrected chi connectivity index (χ1v) is 5.84. The fraction of sp³-hybridized carbons (Fsp3) is 0.400. The van der Waals surface area contributed by atoms with Crippen molar-refractivity contribution in [3.63, 3.8) is 0 Å². The Labute approximate surface area is 108 Å². The number of hydrogen-bond acceptors (Lipinski definition) is 3. The van der Waals surface area contributed by atoms with Crippen LogP contribution in [-0.4, -0.2) is 27.2 Å². The number of carbonyl (C=O) groups excluding carboxylic acids is 1. The summed E-state index contributed by atoms with van der Waals surface area (Å²) in [7, 11) is 0. The minimum Gasteiger partial charge on any atom is -0.382 e. The van der Waals surface area contributed by atoms with Crippen LogP contribution in [0.5, 0.6) is 0 Å². The van der Waals surface area contributed by atoms with E-state index in [1.54, 1.807) is 27.7 Å². The molecule has 18 heavy (non-hydrogen) atoms. The number of hydrogen-bond donors (Lipinski definition) is 2. The lowest BCUT2D eigenvalue weighted by molar-refractivity contribution is -0.111. The van der Waals surface area contributed by atoms with Crippen molar-refractivity contribution < 1.29 is 15.0 Å². The maximum atomic E-state index is 11.6. The number of rotatable bonds is 3. The van der Waals surface area contributed by atoms with E-state index in [0.29, 0.717) is 16.7 Å². The minimum absolute atomic E-state index is 0.0847. The van der Waals surface area contributed by atoms with Crippen LogP contribution in [0.1, 0.15) is 27.7 Å². The van der Waals surface area contributed by atoms with Crippen LogP contribution in [0.25, 0.3) is 0 Å². The second-order valence-electron chi connectivity index (χ2n) is 4.97. The average Bonchev–Trinajstić information content (AvgIpc) is 2.32. The predicted octanol–water partition coefficient (Wildman–Crippen LogP) is 2.08. The molecule has 1 aliphatic carbocycles. The van der Waals surface area contributed by atoms with Crippen molar-refractivity contribution in [1.29, 1.82) is 0 Å². The molecule has 0 radical (unpaired) electrons. The number of aliphatic hydroxyl groups is 2. The molecule has 0 aliphatic heterocycles. The lowest BCUT2D eigenvalue weighted by Crippen LogP contribution is -2.35. The van der Waals surface area contributed by atoms with E-state index in [1.807, 2.05) is 0 Å². The zero-order chi connectivity index (χ0) is 14.1. The quantitative estimate of drug-likeness (QED) is 0.752. The van der Waals surface area contributed by atoms with E-state index in [1.165, 1.54) is 24.3 Å². The molecular formula is C15H20O3. The van der Waals surface area contributed by atoms with E-state index in [9.17, 15) is 15.0 Å². The SMILES string of the molecule is C=CC(C)(O)/C=C/C1(O)C(C)=CC(=O)C(C)=C1C. The van der Waals surface area contributed by atoms with Gasteiger partial charge < -0.3 is 10.2 Å². The van der Waals surface area contributed by atoms with Gasteiger partial charge in [0, 0.05) is 0 Å². The summed E-state index contributed by atoms with van der Waals surface area (Å²) in [4.78, 5) is 11.6. The molecule has 0 aromatic heterocycles. The normalized spacial score (nSPS) is 28.3. The van der Waals surface area contributed by atoms with Crippen LogP contribution in [0.15, 0.2) is 47.6 Å². The Morgan fingerprint density at radius 1 is 1.39 bits per heavy atom. The summed E-state index contributed by atoms with van der Waals surface area (Å²) < 4.78 is 0. The van der Waals surface area contributed by atoms with Gasteiger partial charge in [-0.2, -0.15) is 0 Å². The molecule has 3 heteroatoms. The highest BCUT2D eigenvalue weighted by molar-refractivity contribution is 6.06. The Morgan fingerprint density at radius 3 is 2.44 bits per heavy atom. The van der Waals surface area contributed by atoms with E-state index in [4.69, 9.17) is 0 Å². The van der Waals surface area contributed by atoms with Gasteiger partial charge in [0.1, 0.15) is 5.60 Å². The molecule has 1 aliphatic rings. The highest BCUT2D eigenvalue weighted by atomic mass is 16.3. The maximum Gasteiger partial charge on any atom is 0.181 e. The first-order valence-electron chi connectivity index (χ1n) is 5.84. The minimum atomic E-state index is -1.31. The summed E-state index contributed by atoms with van der Waals surface area (Å²) >= 11 is 0. The summed E-state index contributed by atoms with van der Waals surface area (Å²) in [6.07, 6.45) is 5.79. The standard InChI is InChI=1S/C15H20O3/c1-6-14(5,17)7-8-15(18)10(2)9-13(16)11(3)12(15)4/h6-9,17-18H,1H2,2-5H3/b8-7+. The Morgan fingerprint density at radius 2 is 1.94 bits per heavy atom. The van der Waals surface area contributed by atoms with Crippen molar-refractivity contribution in [2.24, 2.45) is 0 Å². The maximum absolute atomic E-state index is 11.6. The molecule has 0 aromatic rings. The van der Waals surface area contributed by atoms with Gasteiger partial charge in [0.15, 0.2) is 5.78 Å². The van der Waals surface area contributed by atoms with E-state index in [2.05, 4.69) is 6.58 Å².